The Hall–Kier alpha value is -1.26. The Kier molecular flexibility index (Phi) is 4.36. The van der Waals surface area contributed by atoms with Gasteiger partial charge in [0.1, 0.15) is 0 Å². The third kappa shape index (κ3) is 3.33. The Morgan fingerprint density at radius 1 is 1.29 bits per heavy atom. The van der Waals surface area contributed by atoms with Gasteiger partial charge in [0.2, 0.25) is 5.91 Å². The molecule has 21 heavy (non-hydrogen) atoms. The molecule has 0 aliphatic carbocycles. The van der Waals surface area contributed by atoms with Crippen LogP contribution in [0.25, 0.3) is 0 Å². The standard InChI is InChI=1S/C17H19NOS2/c1-12-3-5-15(6-4-12)21-13(2)17(19)18-9-7-14-8-10-20-16(14)11-18/h3-6,8,10,13H,7,9,11H2,1-2H3/t13-/m1/s1. The fourth-order valence-electron chi connectivity index (χ4n) is 2.55. The van der Waals surface area contributed by atoms with Crippen LogP contribution in [0.1, 0.15) is 22.9 Å². The highest BCUT2D eigenvalue weighted by Crippen LogP contribution is 2.28. The summed E-state index contributed by atoms with van der Waals surface area (Å²) in [5, 5.41) is 2.09. The molecular weight excluding hydrogens is 298 g/mol. The van der Waals surface area contributed by atoms with E-state index in [4.69, 9.17) is 0 Å². The van der Waals surface area contributed by atoms with Crippen molar-refractivity contribution in [1.82, 2.24) is 4.90 Å². The molecule has 0 spiro atoms. The molecule has 0 bridgehead atoms. The molecule has 3 rings (SSSR count). The van der Waals surface area contributed by atoms with Crippen molar-refractivity contribution in [2.24, 2.45) is 0 Å². The molecule has 1 aliphatic rings. The summed E-state index contributed by atoms with van der Waals surface area (Å²) < 4.78 is 0. The smallest absolute Gasteiger partial charge is 0.236 e. The molecule has 0 saturated heterocycles. The van der Waals surface area contributed by atoms with E-state index in [1.807, 2.05) is 11.8 Å². The first-order valence-electron chi connectivity index (χ1n) is 7.21. The molecule has 2 nitrogen and oxygen atoms in total. The van der Waals surface area contributed by atoms with Gasteiger partial charge in [-0.3, -0.25) is 4.79 Å². The van der Waals surface area contributed by atoms with Crippen LogP contribution in [0.5, 0.6) is 0 Å². The number of benzene rings is 1. The summed E-state index contributed by atoms with van der Waals surface area (Å²) in [5.41, 5.74) is 2.67. The third-order valence-electron chi connectivity index (χ3n) is 3.82. The van der Waals surface area contributed by atoms with E-state index >= 15 is 0 Å². The number of nitrogens with zero attached hydrogens (tertiary/aromatic N) is 1. The molecule has 1 aromatic carbocycles. The molecule has 2 aromatic rings. The van der Waals surface area contributed by atoms with E-state index in [0.29, 0.717) is 0 Å². The van der Waals surface area contributed by atoms with Crippen molar-refractivity contribution < 1.29 is 4.79 Å². The van der Waals surface area contributed by atoms with Gasteiger partial charge in [0.05, 0.1) is 11.8 Å². The van der Waals surface area contributed by atoms with Crippen molar-refractivity contribution in [1.29, 1.82) is 0 Å². The van der Waals surface area contributed by atoms with Gasteiger partial charge in [0.15, 0.2) is 0 Å². The summed E-state index contributed by atoms with van der Waals surface area (Å²) in [6, 6.07) is 10.6. The van der Waals surface area contributed by atoms with E-state index < -0.39 is 0 Å². The van der Waals surface area contributed by atoms with Crippen LogP contribution in [0, 0.1) is 6.92 Å². The van der Waals surface area contributed by atoms with Crippen LogP contribution in [0.3, 0.4) is 0 Å². The number of hydrogen-bond donors (Lipinski definition) is 0. The predicted molar refractivity (Wildman–Crippen MR) is 89.9 cm³/mol. The lowest BCUT2D eigenvalue weighted by atomic mass is 10.1. The maximum Gasteiger partial charge on any atom is 0.236 e. The van der Waals surface area contributed by atoms with E-state index in [9.17, 15) is 4.79 Å². The summed E-state index contributed by atoms with van der Waals surface area (Å²) in [6.07, 6.45) is 0.993. The number of hydrogen-bond acceptors (Lipinski definition) is 3. The first-order valence-corrected chi connectivity index (χ1v) is 8.97. The number of rotatable bonds is 3. The monoisotopic (exact) mass is 317 g/mol. The van der Waals surface area contributed by atoms with Crippen molar-refractivity contribution >= 4 is 29.0 Å². The fraction of sp³-hybridized carbons (Fsp3) is 0.353. The molecule has 0 radical (unpaired) electrons. The number of aryl methyl sites for hydroxylation is 1. The van der Waals surface area contributed by atoms with E-state index in [1.165, 1.54) is 16.0 Å². The van der Waals surface area contributed by atoms with Gasteiger partial charge in [-0.05, 0) is 49.4 Å². The Balaban J connectivity index is 1.64. The molecule has 0 N–H and O–H groups in total. The van der Waals surface area contributed by atoms with Crippen molar-refractivity contribution in [3.05, 3.63) is 51.7 Å². The van der Waals surface area contributed by atoms with Gasteiger partial charge < -0.3 is 4.90 Å². The van der Waals surface area contributed by atoms with Crippen LogP contribution in [0.2, 0.25) is 0 Å². The molecule has 0 unspecified atom stereocenters. The van der Waals surface area contributed by atoms with Gasteiger partial charge >= 0.3 is 0 Å². The van der Waals surface area contributed by atoms with Gasteiger partial charge in [0, 0.05) is 16.3 Å². The van der Waals surface area contributed by atoms with Gasteiger partial charge in [-0.15, -0.1) is 23.1 Å². The van der Waals surface area contributed by atoms with E-state index in [2.05, 4.69) is 42.6 Å². The minimum absolute atomic E-state index is 0.0331. The minimum Gasteiger partial charge on any atom is -0.336 e. The zero-order valence-electron chi connectivity index (χ0n) is 12.3. The fourth-order valence-corrected chi connectivity index (χ4v) is 4.45. The van der Waals surface area contributed by atoms with Crippen LogP contribution >= 0.6 is 23.1 Å². The quantitative estimate of drug-likeness (QED) is 0.794. The van der Waals surface area contributed by atoms with Crippen molar-refractivity contribution in [3.8, 4) is 0 Å². The number of carbonyl (C=O) groups is 1. The summed E-state index contributed by atoms with van der Waals surface area (Å²) in [7, 11) is 0. The highest BCUT2D eigenvalue weighted by Gasteiger charge is 2.25. The van der Waals surface area contributed by atoms with Gasteiger partial charge in [-0.2, -0.15) is 0 Å². The predicted octanol–water partition coefficient (Wildman–Crippen LogP) is 4.12. The van der Waals surface area contributed by atoms with Gasteiger partial charge in [-0.25, -0.2) is 0 Å². The SMILES string of the molecule is Cc1ccc(S[C@H](C)C(=O)N2CCc3ccsc3C2)cc1. The third-order valence-corrected chi connectivity index (χ3v) is 5.86. The zero-order chi connectivity index (χ0) is 14.8. The lowest BCUT2D eigenvalue weighted by molar-refractivity contribution is -0.131. The minimum atomic E-state index is -0.0331. The molecule has 1 aliphatic heterocycles. The molecule has 0 fully saturated rings. The Morgan fingerprint density at radius 2 is 2.05 bits per heavy atom. The lowest BCUT2D eigenvalue weighted by Crippen LogP contribution is -2.39. The van der Waals surface area contributed by atoms with Crippen LogP contribution < -0.4 is 0 Å². The topological polar surface area (TPSA) is 20.3 Å². The average Bonchev–Trinajstić information content (AvgIpc) is 2.96. The van der Waals surface area contributed by atoms with Crippen molar-refractivity contribution in [3.63, 3.8) is 0 Å². The second-order valence-electron chi connectivity index (χ2n) is 5.45. The number of thiophene rings is 1. The second kappa shape index (κ2) is 6.24. The van der Waals surface area contributed by atoms with Crippen LogP contribution in [-0.2, 0) is 17.8 Å². The molecule has 110 valence electrons. The van der Waals surface area contributed by atoms with Crippen LogP contribution in [-0.4, -0.2) is 22.6 Å². The highest BCUT2D eigenvalue weighted by molar-refractivity contribution is 8.00. The van der Waals surface area contributed by atoms with Crippen LogP contribution in [0.15, 0.2) is 40.6 Å². The maximum absolute atomic E-state index is 12.6. The number of thioether (sulfide) groups is 1. The first-order chi connectivity index (χ1) is 10.1. The highest BCUT2D eigenvalue weighted by atomic mass is 32.2. The Morgan fingerprint density at radius 3 is 2.81 bits per heavy atom. The average molecular weight is 317 g/mol. The normalized spacial score (nSPS) is 15.6. The molecule has 0 saturated carbocycles. The summed E-state index contributed by atoms with van der Waals surface area (Å²) >= 11 is 3.41. The number of amides is 1. The van der Waals surface area contributed by atoms with Crippen molar-refractivity contribution in [2.75, 3.05) is 6.54 Å². The van der Waals surface area contributed by atoms with Gasteiger partial charge in [0.25, 0.3) is 0 Å². The van der Waals surface area contributed by atoms with Crippen LogP contribution in [0.4, 0.5) is 0 Å². The molecule has 1 amide bonds. The molecule has 2 heterocycles. The summed E-state index contributed by atoms with van der Waals surface area (Å²) in [4.78, 5) is 17.1. The number of fused-ring (bicyclic) bond motifs is 1. The molecule has 4 heteroatoms. The maximum atomic E-state index is 12.6. The largest absolute Gasteiger partial charge is 0.336 e. The van der Waals surface area contributed by atoms with Gasteiger partial charge in [-0.1, -0.05) is 17.7 Å². The Labute approximate surface area is 134 Å². The summed E-state index contributed by atoms with van der Waals surface area (Å²) in [5.74, 6) is 0.250. The molecule has 1 atom stereocenters. The van der Waals surface area contributed by atoms with Crippen molar-refractivity contribution in [2.45, 2.75) is 37.0 Å². The lowest BCUT2D eigenvalue weighted by Gasteiger charge is -2.29. The van der Waals surface area contributed by atoms with E-state index in [0.717, 1.165) is 24.4 Å². The van der Waals surface area contributed by atoms with E-state index in [1.54, 1.807) is 23.1 Å². The zero-order valence-corrected chi connectivity index (χ0v) is 14.0. The summed E-state index contributed by atoms with van der Waals surface area (Å²) in [6.45, 7) is 5.72. The molecular formula is C17H19NOS2. The Bertz CT molecular complexity index is 632. The first kappa shape index (κ1) is 14.7. The van der Waals surface area contributed by atoms with E-state index in [-0.39, 0.29) is 11.2 Å². The number of carbonyl (C=O) groups excluding carboxylic acids is 1. The molecule has 1 aromatic heterocycles. The second-order valence-corrected chi connectivity index (χ2v) is 7.87.